The molecule has 3 aromatic carbocycles. The zero-order chi connectivity index (χ0) is 28.7. The first-order valence-electron chi connectivity index (χ1n) is 13.6. The van der Waals surface area contributed by atoms with Gasteiger partial charge in [-0.15, -0.1) is 0 Å². The number of nitrogens with one attached hydrogen (secondary N) is 2. The maximum atomic E-state index is 13.2. The van der Waals surface area contributed by atoms with Gasteiger partial charge >= 0.3 is 0 Å². The summed E-state index contributed by atoms with van der Waals surface area (Å²) in [5.41, 5.74) is 3.03. The van der Waals surface area contributed by atoms with Crippen LogP contribution in [0.25, 0.3) is 0 Å². The number of benzene rings is 3. The van der Waals surface area contributed by atoms with Gasteiger partial charge in [0.05, 0.1) is 7.11 Å². The molecule has 0 unspecified atom stereocenters. The van der Waals surface area contributed by atoms with Crippen molar-refractivity contribution >= 4 is 23.4 Å². The van der Waals surface area contributed by atoms with E-state index in [1.807, 2.05) is 44.2 Å². The van der Waals surface area contributed by atoms with Crippen LogP contribution in [0.2, 0.25) is 5.02 Å². The molecule has 212 valence electrons. The van der Waals surface area contributed by atoms with Crippen LogP contribution in [-0.2, 0) is 24.4 Å². The van der Waals surface area contributed by atoms with Crippen molar-refractivity contribution in [3.05, 3.63) is 94.0 Å². The number of phenols is 1. The second-order valence-electron chi connectivity index (χ2n) is 11.0. The maximum Gasteiger partial charge on any atom is 0.251 e. The van der Waals surface area contributed by atoms with Crippen LogP contribution in [0, 0.1) is 11.3 Å². The molecule has 0 spiro atoms. The van der Waals surface area contributed by atoms with Crippen LogP contribution in [-0.4, -0.2) is 42.0 Å². The van der Waals surface area contributed by atoms with Crippen LogP contribution in [0.5, 0.6) is 11.5 Å². The van der Waals surface area contributed by atoms with E-state index in [1.54, 1.807) is 43.5 Å². The normalized spacial score (nSPS) is 14.5. The molecule has 1 heterocycles. The first-order chi connectivity index (χ1) is 19.2. The minimum atomic E-state index is -0.494. The highest BCUT2D eigenvalue weighted by molar-refractivity contribution is 6.30. The minimum absolute atomic E-state index is 0.0378. The molecule has 3 N–H and O–H groups in total. The molecular formula is C32H38ClN3O4. The van der Waals surface area contributed by atoms with E-state index in [1.165, 1.54) is 0 Å². The summed E-state index contributed by atoms with van der Waals surface area (Å²) in [4.78, 5) is 28.1. The van der Waals surface area contributed by atoms with Gasteiger partial charge in [-0.05, 0) is 84.9 Å². The summed E-state index contributed by atoms with van der Waals surface area (Å²) in [6.07, 6.45) is 1.87. The number of likely N-dealkylation sites (tertiary alicyclic amines) is 1. The van der Waals surface area contributed by atoms with Crippen molar-refractivity contribution in [2.24, 2.45) is 11.3 Å². The lowest BCUT2D eigenvalue weighted by molar-refractivity contribution is -0.133. The molecule has 1 aliphatic heterocycles. The van der Waals surface area contributed by atoms with Crippen LogP contribution < -0.4 is 15.4 Å². The lowest BCUT2D eigenvalue weighted by Gasteiger charge is -2.39. The lowest BCUT2D eigenvalue weighted by atomic mass is 9.73. The third-order valence-corrected chi connectivity index (χ3v) is 8.13. The molecule has 7 nitrogen and oxygen atoms in total. The molecule has 0 saturated carbocycles. The Labute approximate surface area is 241 Å². The number of phenolic OH excluding ortho intramolecular Hbond substituents is 1. The van der Waals surface area contributed by atoms with Gasteiger partial charge in [-0.2, -0.15) is 0 Å². The van der Waals surface area contributed by atoms with Gasteiger partial charge in [0.15, 0.2) is 11.5 Å². The number of hydrogen-bond donors (Lipinski definition) is 3. The van der Waals surface area contributed by atoms with Crippen molar-refractivity contribution < 1.29 is 19.4 Å². The molecule has 1 fully saturated rings. The molecule has 40 heavy (non-hydrogen) atoms. The van der Waals surface area contributed by atoms with Crippen LogP contribution in [0.4, 0.5) is 0 Å². The van der Waals surface area contributed by atoms with Gasteiger partial charge in [0, 0.05) is 35.6 Å². The van der Waals surface area contributed by atoms with Crippen molar-refractivity contribution in [2.75, 3.05) is 20.2 Å². The summed E-state index contributed by atoms with van der Waals surface area (Å²) in [5, 5.41) is 16.7. The highest BCUT2D eigenvalue weighted by atomic mass is 35.5. The number of carbonyl (C=O) groups excluding carboxylic acids is 2. The molecule has 1 aliphatic rings. The van der Waals surface area contributed by atoms with Crippen molar-refractivity contribution in [1.29, 1.82) is 0 Å². The monoisotopic (exact) mass is 563 g/mol. The summed E-state index contributed by atoms with van der Waals surface area (Å²) in [5.74, 6) is 0.791. The highest BCUT2D eigenvalue weighted by Gasteiger charge is 2.38. The van der Waals surface area contributed by atoms with E-state index in [0.717, 1.165) is 49.2 Å². The van der Waals surface area contributed by atoms with Gasteiger partial charge < -0.3 is 20.5 Å². The zero-order valence-corrected chi connectivity index (χ0v) is 24.1. The van der Waals surface area contributed by atoms with E-state index >= 15 is 0 Å². The number of amides is 2. The Balaban J connectivity index is 1.22. The van der Waals surface area contributed by atoms with Crippen molar-refractivity contribution in [3.8, 4) is 11.5 Å². The number of aromatic hydroxyl groups is 1. The topological polar surface area (TPSA) is 90.9 Å². The first-order valence-corrected chi connectivity index (χ1v) is 14.0. The van der Waals surface area contributed by atoms with Crippen LogP contribution in [0.3, 0.4) is 0 Å². The van der Waals surface area contributed by atoms with E-state index in [4.69, 9.17) is 16.3 Å². The molecule has 0 atom stereocenters. The number of carbonyl (C=O) groups is 2. The number of piperidine rings is 1. The molecule has 1 saturated heterocycles. The second kappa shape index (κ2) is 13.2. The van der Waals surface area contributed by atoms with Gasteiger partial charge in [0.25, 0.3) is 5.91 Å². The van der Waals surface area contributed by atoms with Crippen LogP contribution in [0.15, 0.2) is 66.7 Å². The standard InChI is InChI=1S/C32H38ClN3O4/c1-32(2,26-14-16-36(17-15-26)21-24-8-13-29(40-3)28(37)18-24)31(39)35-20-22-4-9-25(10-5-22)30(38)34-19-23-6-11-27(33)12-7-23/h4-13,18,26,37H,14-17,19-21H2,1-3H3,(H,34,38)(H,35,39). The third kappa shape index (κ3) is 7.55. The number of rotatable bonds is 10. The predicted molar refractivity (Wildman–Crippen MR) is 157 cm³/mol. The van der Waals surface area contributed by atoms with Crippen molar-refractivity contribution in [2.45, 2.75) is 46.3 Å². The molecule has 0 aromatic heterocycles. The van der Waals surface area contributed by atoms with Gasteiger partial charge in [-0.3, -0.25) is 14.5 Å². The summed E-state index contributed by atoms with van der Waals surface area (Å²) in [7, 11) is 1.54. The van der Waals surface area contributed by atoms with Crippen molar-refractivity contribution in [3.63, 3.8) is 0 Å². The number of nitrogens with zero attached hydrogens (tertiary/aromatic N) is 1. The fourth-order valence-corrected chi connectivity index (χ4v) is 5.29. The van der Waals surface area contributed by atoms with Gasteiger partial charge in [0.2, 0.25) is 5.91 Å². The zero-order valence-electron chi connectivity index (χ0n) is 23.4. The Kier molecular flexibility index (Phi) is 9.71. The molecule has 0 radical (unpaired) electrons. The van der Waals surface area contributed by atoms with Crippen LogP contribution >= 0.6 is 11.6 Å². The minimum Gasteiger partial charge on any atom is -0.504 e. The molecule has 8 heteroatoms. The molecular weight excluding hydrogens is 526 g/mol. The molecule has 0 bridgehead atoms. The fourth-order valence-electron chi connectivity index (χ4n) is 5.16. The molecule has 3 aromatic rings. The fraction of sp³-hybridized carbons (Fsp3) is 0.375. The summed E-state index contributed by atoms with van der Waals surface area (Å²) in [6, 6.07) is 20.2. The van der Waals surface area contributed by atoms with E-state index in [0.29, 0.717) is 29.4 Å². The van der Waals surface area contributed by atoms with E-state index in [-0.39, 0.29) is 23.5 Å². The van der Waals surface area contributed by atoms with Gasteiger partial charge in [0.1, 0.15) is 0 Å². The van der Waals surface area contributed by atoms with Gasteiger partial charge in [-0.1, -0.05) is 55.8 Å². The summed E-state index contributed by atoms with van der Waals surface area (Å²) < 4.78 is 5.13. The van der Waals surface area contributed by atoms with Crippen molar-refractivity contribution in [1.82, 2.24) is 15.5 Å². The summed E-state index contributed by atoms with van der Waals surface area (Å²) in [6.45, 7) is 7.44. The number of hydrogen-bond acceptors (Lipinski definition) is 5. The summed E-state index contributed by atoms with van der Waals surface area (Å²) >= 11 is 5.91. The Morgan fingerprint density at radius 2 is 1.50 bits per heavy atom. The lowest BCUT2D eigenvalue weighted by Crippen LogP contribution is -2.46. The average molecular weight is 564 g/mol. The Morgan fingerprint density at radius 3 is 2.10 bits per heavy atom. The van der Waals surface area contributed by atoms with E-state index in [2.05, 4.69) is 15.5 Å². The van der Waals surface area contributed by atoms with E-state index < -0.39 is 5.41 Å². The Morgan fingerprint density at radius 1 is 0.925 bits per heavy atom. The largest absolute Gasteiger partial charge is 0.504 e. The number of halogens is 1. The smallest absolute Gasteiger partial charge is 0.251 e. The molecule has 4 rings (SSSR count). The van der Waals surface area contributed by atoms with Gasteiger partial charge in [-0.25, -0.2) is 0 Å². The molecule has 0 aliphatic carbocycles. The number of methoxy groups -OCH3 is 1. The average Bonchev–Trinajstić information content (AvgIpc) is 2.96. The SMILES string of the molecule is COc1ccc(CN2CCC(C(C)(C)C(=O)NCc3ccc(C(=O)NCc4ccc(Cl)cc4)cc3)CC2)cc1O. The van der Waals surface area contributed by atoms with Crippen LogP contribution in [0.1, 0.15) is 53.7 Å². The molecule has 2 amide bonds. The highest BCUT2D eigenvalue weighted by Crippen LogP contribution is 2.36. The first kappa shape index (κ1) is 29.4. The predicted octanol–water partition coefficient (Wildman–Crippen LogP) is 5.54. The Bertz CT molecular complexity index is 1300. The maximum absolute atomic E-state index is 13.2. The third-order valence-electron chi connectivity index (χ3n) is 7.88. The quantitative estimate of drug-likeness (QED) is 0.301. The van der Waals surface area contributed by atoms with E-state index in [9.17, 15) is 14.7 Å². The Hall–Kier alpha value is -3.55. The number of ether oxygens (including phenoxy) is 1. The second-order valence-corrected chi connectivity index (χ2v) is 11.4.